The number of nitrogens with one attached hydrogen (secondary N) is 1. The number of aromatic nitrogens is 2. The number of hydrogen-bond donors (Lipinski definition) is 1. The van der Waals surface area contributed by atoms with Crippen molar-refractivity contribution in [2.24, 2.45) is 0 Å². The summed E-state index contributed by atoms with van der Waals surface area (Å²) in [4.78, 5) is 9.92. The zero-order valence-corrected chi connectivity index (χ0v) is 14.2. The third-order valence-electron chi connectivity index (χ3n) is 4.04. The summed E-state index contributed by atoms with van der Waals surface area (Å²) in [6, 6.07) is 18.9. The highest BCUT2D eigenvalue weighted by atomic mass is 32.1. The van der Waals surface area contributed by atoms with E-state index in [1.54, 1.807) is 17.7 Å². The van der Waals surface area contributed by atoms with E-state index in [4.69, 9.17) is 0 Å². The summed E-state index contributed by atoms with van der Waals surface area (Å²) in [5.74, 6) is 0.890. The Bertz CT molecular complexity index is 959. The Kier molecular flexibility index (Phi) is 3.97. The molecule has 0 aliphatic carbocycles. The van der Waals surface area contributed by atoms with Crippen LogP contribution < -0.4 is 5.32 Å². The van der Waals surface area contributed by atoms with Crippen LogP contribution in [0.5, 0.6) is 0 Å². The Morgan fingerprint density at radius 3 is 2.54 bits per heavy atom. The molecule has 0 aliphatic rings. The van der Waals surface area contributed by atoms with Gasteiger partial charge in [0.05, 0.1) is 5.39 Å². The lowest BCUT2D eigenvalue weighted by Gasteiger charge is -2.08. The van der Waals surface area contributed by atoms with Gasteiger partial charge in [-0.25, -0.2) is 9.97 Å². The van der Waals surface area contributed by atoms with Gasteiger partial charge in [-0.3, -0.25) is 0 Å². The first-order valence-electron chi connectivity index (χ1n) is 7.88. The predicted molar refractivity (Wildman–Crippen MR) is 101 cm³/mol. The highest BCUT2D eigenvalue weighted by Crippen LogP contribution is 2.36. The van der Waals surface area contributed by atoms with E-state index >= 15 is 0 Å². The molecule has 118 valence electrons. The lowest BCUT2D eigenvalue weighted by atomic mass is 10.0. The molecule has 0 aliphatic heterocycles. The fourth-order valence-corrected chi connectivity index (χ4v) is 3.65. The summed E-state index contributed by atoms with van der Waals surface area (Å²) in [6.07, 6.45) is 1.63. The Morgan fingerprint density at radius 1 is 0.958 bits per heavy atom. The fraction of sp³-hybridized carbons (Fsp3) is 0.100. The van der Waals surface area contributed by atoms with Gasteiger partial charge in [0, 0.05) is 17.5 Å². The average molecular weight is 331 g/mol. The Balaban J connectivity index is 1.73. The Morgan fingerprint density at radius 2 is 1.75 bits per heavy atom. The summed E-state index contributed by atoms with van der Waals surface area (Å²) in [5.41, 5.74) is 4.88. The molecular formula is C20H17N3S. The SMILES string of the molecule is Cc1ccc(-c2csc3ncnc(NCc4ccccc4)c23)cc1. The molecule has 0 saturated heterocycles. The van der Waals surface area contributed by atoms with Crippen molar-refractivity contribution in [1.82, 2.24) is 9.97 Å². The molecule has 0 amide bonds. The van der Waals surface area contributed by atoms with Gasteiger partial charge in [-0.1, -0.05) is 60.2 Å². The van der Waals surface area contributed by atoms with Crippen LogP contribution in [0, 0.1) is 6.92 Å². The molecule has 4 rings (SSSR count). The minimum Gasteiger partial charge on any atom is -0.365 e. The van der Waals surface area contributed by atoms with Crippen molar-refractivity contribution >= 4 is 27.4 Å². The second-order valence-electron chi connectivity index (χ2n) is 5.76. The number of anilines is 1. The van der Waals surface area contributed by atoms with Crippen molar-refractivity contribution in [2.45, 2.75) is 13.5 Å². The van der Waals surface area contributed by atoms with E-state index in [0.717, 1.165) is 22.6 Å². The molecule has 3 nitrogen and oxygen atoms in total. The summed E-state index contributed by atoms with van der Waals surface area (Å²) in [6.45, 7) is 2.85. The van der Waals surface area contributed by atoms with Gasteiger partial charge in [0.15, 0.2) is 0 Å². The van der Waals surface area contributed by atoms with Gasteiger partial charge in [-0.05, 0) is 18.1 Å². The van der Waals surface area contributed by atoms with Crippen LogP contribution >= 0.6 is 11.3 Å². The molecule has 2 aromatic heterocycles. The lowest BCUT2D eigenvalue weighted by Crippen LogP contribution is -2.02. The number of nitrogens with zero attached hydrogens (tertiary/aromatic N) is 2. The summed E-state index contributed by atoms with van der Waals surface area (Å²) in [5, 5.41) is 6.73. The monoisotopic (exact) mass is 331 g/mol. The minimum atomic E-state index is 0.746. The van der Waals surface area contributed by atoms with Crippen LogP contribution in [0.15, 0.2) is 66.3 Å². The minimum absolute atomic E-state index is 0.746. The molecule has 2 heterocycles. The van der Waals surface area contributed by atoms with Crippen LogP contribution in [-0.2, 0) is 6.54 Å². The van der Waals surface area contributed by atoms with Gasteiger partial charge in [0.25, 0.3) is 0 Å². The van der Waals surface area contributed by atoms with E-state index in [-0.39, 0.29) is 0 Å². The largest absolute Gasteiger partial charge is 0.365 e. The van der Waals surface area contributed by atoms with Crippen LogP contribution in [0.2, 0.25) is 0 Å². The second kappa shape index (κ2) is 6.42. The van der Waals surface area contributed by atoms with Crippen LogP contribution in [0.3, 0.4) is 0 Å². The molecule has 0 atom stereocenters. The summed E-state index contributed by atoms with van der Waals surface area (Å²) >= 11 is 1.66. The summed E-state index contributed by atoms with van der Waals surface area (Å²) in [7, 11) is 0. The van der Waals surface area contributed by atoms with Crippen molar-refractivity contribution in [1.29, 1.82) is 0 Å². The van der Waals surface area contributed by atoms with E-state index in [9.17, 15) is 0 Å². The molecule has 2 aromatic carbocycles. The van der Waals surface area contributed by atoms with E-state index in [0.29, 0.717) is 0 Å². The molecule has 0 radical (unpaired) electrons. The first kappa shape index (κ1) is 14.8. The number of aryl methyl sites for hydroxylation is 1. The van der Waals surface area contributed by atoms with E-state index in [1.807, 2.05) is 6.07 Å². The number of fused-ring (bicyclic) bond motifs is 1. The first-order valence-corrected chi connectivity index (χ1v) is 8.76. The molecule has 0 unspecified atom stereocenters. The topological polar surface area (TPSA) is 37.8 Å². The quantitative estimate of drug-likeness (QED) is 0.553. The zero-order chi connectivity index (χ0) is 16.4. The summed E-state index contributed by atoms with van der Waals surface area (Å²) < 4.78 is 0. The van der Waals surface area contributed by atoms with Crippen molar-refractivity contribution in [3.05, 3.63) is 77.4 Å². The molecular weight excluding hydrogens is 314 g/mol. The van der Waals surface area contributed by atoms with Crippen LogP contribution in [0.1, 0.15) is 11.1 Å². The van der Waals surface area contributed by atoms with Gasteiger partial charge in [0.2, 0.25) is 0 Å². The Hall–Kier alpha value is -2.72. The number of benzene rings is 2. The lowest BCUT2D eigenvalue weighted by molar-refractivity contribution is 1.11. The molecule has 0 spiro atoms. The highest BCUT2D eigenvalue weighted by Gasteiger charge is 2.12. The predicted octanol–water partition coefficient (Wildman–Crippen LogP) is 5.28. The van der Waals surface area contributed by atoms with E-state index < -0.39 is 0 Å². The van der Waals surface area contributed by atoms with Crippen molar-refractivity contribution < 1.29 is 0 Å². The molecule has 0 fully saturated rings. The third kappa shape index (κ3) is 2.88. The van der Waals surface area contributed by atoms with Gasteiger partial charge in [0.1, 0.15) is 17.0 Å². The van der Waals surface area contributed by atoms with Gasteiger partial charge in [-0.15, -0.1) is 11.3 Å². The number of rotatable bonds is 4. The third-order valence-corrected chi connectivity index (χ3v) is 4.92. The molecule has 4 aromatic rings. The standard InChI is InChI=1S/C20H17N3S/c1-14-7-9-16(10-8-14)17-12-24-20-18(17)19(22-13-23-20)21-11-15-5-3-2-4-6-15/h2-10,12-13H,11H2,1H3,(H,21,22,23). The molecule has 1 N–H and O–H groups in total. The number of thiophene rings is 1. The molecule has 0 saturated carbocycles. The highest BCUT2D eigenvalue weighted by molar-refractivity contribution is 7.17. The second-order valence-corrected chi connectivity index (χ2v) is 6.62. The van der Waals surface area contributed by atoms with E-state index in [2.05, 4.69) is 76.1 Å². The van der Waals surface area contributed by atoms with E-state index in [1.165, 1.54) is 22.3 Å². The first-order chi connectivity index (χ1) is 11.8. The molecule has 0 bridgehead atoms. The zero-order valence-electron chi connectivity index (χ0n) is 13.4. The number of hydrogen-bond acceptors (Lipinski definition) is 4. The Labute approximate surface area is 145 Å². The smallest absolute Gasteiger partial charge is 0.139 e. The maximum Gasteiger partial charge on any atom is 0.139 e. The van der Waals surface area contributed by atoms with Gasteiger partial charge >= 0.3 is 0 Å². The maximum atomic E-state index is 4.48. The molecule has 24 heavy (non-hydrogen) atoms. The van der Waals surface area contributed by atoms with Crippen molar-refractivity contribution in [3.8, 4) is 11.1 Å². The van der Waals surface area contributed by atoms with Crippen LogP contribution in [0.25, 0.3) is 21.3 Å². The van der Waals surface area contributed by atoms with Crippen LogP contribution in [-0.4, -0.2) is 9.97 Å². The van der Waals surface area contributed by atoms with Crippen LogP contribution in [0.4, 0.5) is 5.82 Å². The van der Waals surface area contributed by atoms with Crippen molar-refractivity contribution in [3.63, 3.8) is 0 Å². The fourth-order valence-electron chi connectivity index (χ4n) is 2.74. The molecule has 4 heteroatoms. The normalized spacial score (nSPS) is 10.9. The van der Waals surface area contributed by atoms with Gasteiger partial charge in [-0.2, -0.15) is 0 Å². The van der Waals surface area contributed by atoms with Crippen molar-refractivity contribution in [2.75, 3.05) is 5.32 Å². The average Bonchev–Trinajstić information content (AvgIpc) is 3.06. The maximum absolute atomic E-state index is 4.48. The van der Waals surface area contributed by atoms with Gasteiger partial charge < -0.3 is 5.32 Å².